The van der Waals surface area contributed by atoms with E-state index < -0.39 is 45.5 Å². The van der Waals surface area contributed by atoms with Crippen LogP contribution in [0.1, 0.15) is 37.6 Å². The van der Waals surface area contributed by atoms with Crippen molar-refractivity contribution < 1.29 is 36.3 Å². The standard InChI is InChI=1S/C18H27IN4O8/c1-4-29-17(25)15(10-13(2)3)21-18(26)30-12-22-8-5-6-14(11-22)16(24)20-7-9-31-23(28)19-27/h5-6,8,11,13,15H,4,7,9-10,12H2,1-3H3,(H,20,24)(H,21,26)/t15-/m1/s1. The van der Waals surface area contributed by atoms with E-state index in [1.165, 1.54) is 10.8 Å². The van der Waals surface area contributed by atoms with E-state index in [0.717, 1.165) is 0 Å². The number of carbonyl (C=O) groups is 3. The van der Waals surface area contributed by atoms with E-state index in [2.05, 4.69) is 15.5 Å². The number of hydrogen-bond acceptors (Lipinski definition) is 8. The number of amides is 2. The lowest BCUT2D eigenvalue weighted by atomic mass is 10.0. The molecule has 174 valence electrons. The molecule has 0 bridgehead atoms. The molecule has 1 heterocycles. The van der Waals surface area contributed by atoms with Gasteiger partial charge in [0.1, 0.15) is 11.6 Å². The van der Waals surface area contributed by atoms with E-state index >= 15 is 0 Å². The van der Waals surface area contributed by atoms with Crippen LogP contribution < -0.4 is 15.2 Å². The Kier molecular flexibility index (Phi) is 12.7. The monoisotopic (exact) mass is 554 g/mol. The van der Waals surface area contributed by atoms with E-state index in [1.807, 2.05) is 13.8 Å². The summed E-state index contributed by atoms with van der Waals surface area (Å²) in [6.07, 6.45) is 2.67. The van der Waals surface area contributed by atoms with Crippen LogP contribution in [-0.4, -0.2) is 47.2 Å². The number of rotatable bonds is 13. The zero-order valence-electron chi connectivity index (χ0n) is 17.5. The first-order valence-electron chi connectivity index (χ1n) is 9.51. The predicted octanol–water partition coefficient (Wildman–Crippen LogP) is 1.33. The van der Waals surface area contributed by atoms with Gasteiger partial charge in [0.15, 0.2) is 12.4 Å². The van der Waals surface area contributed by atoms with Crippen molar-refractivity contribution in [3.8, 4) is 0 Å². The highest BCUT2D eigenvalue weighted by Gasteiger charge is 2.24. The van der Waals surface area contributed by atoms with Gasteiger partial charge in [-0.3, -0.25) is 12.7 Å². The molecular formula is C18H27IN4O8. The Hall–Kier alpha value is -2.23. The van der Waals surface area contributed by atoms with Gasteiger partial charge in [-0.05, 0) is 25.3 Å². The van der Waals surface area contributed by atoms with E-state index in [4.69, 9.17) is 9.47 Å². The number of alkyl carbamates (subject to hydrolysis) is 1. The summed E-state index contributed by atoms with van der Waals surface area (Å²) in [5.41, 5.74) is 0.283. The summed E-state index contributed by atoms with van der Waals surface area (Å²) >= 11 is -1.95. The summed E-state index contributed by atoms with van der Waals surface area (Å²) < 4.78 is 21.9. The Labute approximate surface area is 190 Å². The molecule has 0 aliphatic rings. The Morgan fingerprint density at radius 2 is 2.03 bits per heavy atom. The normalized spacial score (nSPS) is 11.8. The number of carbonyl (C=O) groups excluding carboxylic acids is 3. The van der Waals surface area contributed by atoms with Crippen molar-refractivity contribution >= 4 is 39.4 Å². The minimum atomic E-state index is -1.95. The molecule has 2 amide bonds. The smallest absolute Gasteiger partial charge is 0.412 e. The molecule has 0 aliphatic carbocycles. The third kappa shape index (κ3) is 11.1. The van der Waals surface area contributed by atoms with Crippen LogP contribution in [0.2, 0.25) is 0 Å². The maximum Gasteiger partial charge on any atom is 0.412 e. The first-order valence-corrected chi connectivity index (χ1v) is 11.4. The number of nitrogens with one attached hydrogen (secondary N) is 2. The van der Waals surface area contributed by atoms with Crippen molar-refractivity contribution in [1.82, 2.24) is 14.1 Å². The zero-order valence-corrected chi connectivity index (χ0v) is 19.7. The Bertz CT molecular complexity index is 749. The fourth-order valence-corrected chi connectivity index (χ4v) is 2.70. The summed E-state index contributed by atoms with van der Waals surface area (Å²) in [4.78, 5) is 40.8. The molecule has 1 rings (SSSR count). The molecule has 13 heteroatoms. The van der Waals surface area contributed by atoms with Crippen LogP contribution in [0.5, 0.6) is 0 Å². The molecule has 31 heavy (non-hydrogen) atoms. The predicted molar refractivity (Wildman–Crippen MR) is 114 cm³/mol. The van der Waals surface area contributed by atoms with E-state index in [0.29, 0.717) is 6.42 Å². The van der Waals surface area contributed by atoms with Crippen molar-refractivity contribution in [2.75, 3.05) is 19.8 Å². The van der Waals surface area contributed by atoms with Gasteiger partial charge in [0.2, 0.25) is 0 Å². The van der Waals surface area contributed by atoms with Crippen molar-refractivity contribution in [2.45, 2.75) is 40.0 Å². The molecule has 1 atom stereocenters. The first kappa shape index (κ1) is 26.8. The SMILES string of the molecule is CCOC(=O)[C@@H](CC(C)C)NC(=O)OC[n+]1cccc(C(=O)NCCON([O-])I=O)c1. The molecular weight excluding hydrogens is 527 g/mol. The van der Waals surface area contributed by atoms with Gasteiger partial charge in [-0.2, -0.15) is 8.01 Å². The summed E-state index contributed by atoms with van der Waals surface area (Å²) in [6, 6.07) is 2.33. The third-order valence-electron chi connectivity index (χ3n) is 3.67. The number of ether oxygens (including phenoxy) is 2. The van der Waals surface area contributed by atoms with Crippen LogP contribution in [0.3, 0.4) is 0 Å². The second-order valence-corrected chi connectivity index (χ2v) is 7.80. The van der Waals surface area contributed by atoms with Crippen LogP contribution >= 0.6 is 21.5 Å². The van der Waals surface area contributed by atoms with E-state index in [1.54, 1.807) is 25.3 Å². The van der Waals surface area contributed by atoms with Gasteiger partial charge in [0.05, 0.1) is 13.2 Å². The molecule has 0 saturated carbocycles. The van der Waals surface area contributed by atoms with Gasteiger partial charge in [-0.1, -0.05) is 13.8 Å². The average Bonchev–Trinajstić information content (AvgIpc) is 2.74. The van der Waals surface area contributed by atoms with Gasteiger partial charge in [-0.15, -0.1) is 0 Å². The molecule has 0 fully saturated rings. The van der Waals surface area contributed by atoms with Gasteiger partial charge < -0.3 is 25.3 Å². The Morgan fingerprint density at radius 1 is 1.29 bits per heavy atom. The topological polar surface area (TPSA) is 150 Å². The van der Waals surface area contributed by atoms with E-state index in [-0.39, 0.29) is 41.4 Å². The third-order valence-corrected chi connectivity index (χ3v) is 4.27. The molecule has 0 spiro atoms. The Morgan fingerprint density at radius 3 is 2.68 bits per heavy atom. The number of nitrogens with zero attached hydrogens (tertiary/aromatic N) is 2. The molecule has 1 aromatic heterocycles. The fourth-order valence-electron chi connectivity index (χ4n) is 2.39. The molecule has 0 radical (unpaired) electrons. The lowest BCUT2D eigenvalue weighted by Crippen LogP contribution is -2.45. The van der Waals surface area contributed by atoms with Crippen molar-refractivity contribution in [2.24, 2.45) is 5.92 Å². The molecule has 0 saturated heterocycles. The van der Waals surface area contributed by atoms with Gasteiger partial charge in [0.25, 0.3) is 34.1 Å². The molecule has 12 nitrogen and oxygen atoms in total. The molecule has 1 aromatic rings. The number of pyridine rings is 1. The number of aromatic nitrogens is 1. The Balaban J connectivity index is 2.55. The van der Waals surface area contributed by atoms with Crippen molar-refractivity contribution in [1.29, 1.82) is 0 Å². The number of halogens is 1. The summed E-state index contributed by atoms with van der Waals surface area (Å²) in [7, 11) is 0. The highest BCUT2D eigenvalue weighted by atomic mass is 127. The van der Waals surface area contributed by atoms with Crippen LogP contribution in [0, 0.1) is 11.1 Å². The second kappa shape index (κ2) is 14.7. The first-order chi connectivity index (χ1) is 14.8. The van der Waals surface area contributed by atoms with Crippen molar-refractivity contribution in [3.63, 3.8) is 0 Å². The maximum absolute atomic E-state index is 12.1. The average molecular weight is 554 g/mol. The minimum Gasteiger partial charge on any atom is -0.751 e. The van der Waals surface area contributed by atoms with Crippen LogP contribution in [-0.2, 0) is 28.9 Å². The lowest BCUT2D eigenvalue weighted by molar-refractivity contribution is -0.727. The van der Waals surface area contributed by atoms with E-state index in [9.17, 15) is 22.7 Å². The zero-order chi connectivity index (χ0) is 23.2. The number of hydrogen-bond donors (Lipinski definition) is 2. The van der Waals surface area contributed by atoms with Gasteiger partial charge in [0, 0.05) is 12.6 Å². The fraction of sp³-hybridized carbons (Fsp3) is 0.556. The summed E-state index contributed by atoms with van der Waals surface area (Å²) in [6.45, 7) is 5.45. The minimum absolute atomic E-state index is 0.0163. The highest BCUT2D eigenvalue weighted by Crippen LogP contribution is 2.07. The highest BCUT2D eigenvalue weighted by molar-refractivity contribution is 14.1. The summed E-state index contributed by atoms with van der Waals surface area (Å²) in [5.74, 6) is -0.806. The molecule has 0 aliphatic heterocycles. The molecule has 2 N–H and O–H groups in total. The lowest BCUT2D eigenvalue weighted by Gasteiger charge is -2.18. The molecule has 0 aromatic carbocycles. The van der Waals surface area contributed by atoms with Crippen LogP contribution in [0.4, 0.5) is 4.79 Å². The van der Waals surface area contributed by atoms with Gasteiger partial charge in [-0.25, -0.2) is 9.59 Å². The largest absolute Gasteiger partial charge is 0.751 e. The quantitative estimate of drug-likeness (QED) is 0.0920. The maximum atomic E-state index is 12.1. The van der Waals surface area contributed by atoms with Gasteiger partial charge >= 0.3 is 12.1 Å². The van der Waals surface area contributed by atoms with Crippen LogP contribution in [0.25, 0.3) is 0 Å². The summed E-state index contributed by atoms with van der Waals surface area (Å²) in [5, 5.41) is 15.8. The molecule has 0 unspecified atom stereocenters. The van der Waals surface area contributed by atoms with Crippen molar-refractivity contribution in [3.05, 3.63) is 35.3 Å². The number of esters is 1. The van der Waals surface area contributed by atoms with Crippen LogP contribution in [0.15, 0.2) is 24.5 Å². The second-order valence-electron chi connectivity index (χ2n) is 6.62.